The van der Waals surface area contributed by atoms with E-state index in [4.69, 9.17) is 10.00 Å². The van der Waals surface area contributed by atoms with Crippen LogP contribution < -0.4 is 9.64 Å². The standard InChI is InChI=1S/C20H18F2N8O/c1-13(10-23)8-9-29(2)17-6-7-18(26-25-17)31-12-16-19(27-28-30(16)3)15-5-4-14(11-24-15)20(21)22/h4-9,11,20H,1,12H2,2-3H3/b9-8-. The number of hydrogen-bond donors (Lipinski definition) is 0. The third-order valence-corrected chi connectivity index (χ3v) is 4.21. The molecule has 0 aliphatic rings. The van der Waals surface area contributed by atoms with E-state index in [1.165, 1.54) is 16.8 Å². The monoisotopic (exact) mass is 424 g/mol. The minimum atomic E-state index is -2.59. The molecular formula is C20H18F2N8O. The van der Waals surface area contributed by atoms with E-state index in [2.05, 4.69) is 32.1 Å². The van der Waals surface area contributed by atoms with Gasteiger partial charge in [0.25, 0.3) is 6.43 Å². The second kappa shape index (κ2) is 9.53. The van der Waals surface area contributed by atoms with Crippen molar-refractivity contribution in [1.29, 1.82) is 5.26 Å². The molecule has 3 aromatic rings. The molecule has 0 spiro atoms. The topological polar surface area (TPSA) is 106 Å². The molecule has 0 fully saturated rings. The SMILES string of the molecule is C=C(C#N)/C=C\N(C)c1ccc(OCc2c(-c3ccc(C(F)F)cn3)nnn2C)nn1. The Morgan fingerprint density at radius 3 is 2.71 bits per heavy atom. The van der Waals surface area contributed by atoms with Gasteiger partial charge in [0.15, 0.2) is 5.82 Å². The fraction of sp³-hybridized carbons (Fsp3) is 0.200. The third-order valence-electron chi connectivity index (χ3n) is 4.21. The van der Waals surface area contributed by atoms with Gasteiger partial charge < -0.3 is 9.64 Å². The van der Waals surface area contributed by atoms with Crippen LogP contribution in [0, 0.1) is 11.3 Å². The lowest BCUT2D eigenvalue weighted by Gasteiger charge is -2.12. The number of anilines is 1. The average Bonchev–Trinajstić information content (AvgIpc) is 3.16. The summed E-state index contributed by atoms with van der Waals surface area (Å²) in [6.07, 6.45) is 1.73. The third kappa shape index (κ3) is 5.24. The number of allylic oxidation sites excluding steroid dienone is 2. The molecule has 158 valence electrons. The first-order valence-corrected chi connectivity index (χ1v) is 8.98. The molecule has 0 unspecified atom stereocenters. The van der Waals surface area contributed by atoms with Gasteiger partial charge >= 0.3 is 0 Å². The van der Waals surface area contributed by atoms with Gasteiger partial charge in [0.05, 0.1) is 11.8 Å². The fourth-order valence-corrected chi connectivity index (χ4v) is 2.45. The van der Waals surface area contributed by atoms with E-state index in [1.807, 2.05) is 6.07 Å². The van der Waals surface area contributed by atoms with Gasteiger partial charge in [-0.25, -0.2) is 13.5 Å². The van der Waals surface area contributed by atoms with Crippen LogP contribution in [-0.2, 0) is 13.7 Å². The molecule has 0 aliphatic heterocycles. The molecule has 3 rings (SSSR count). The summed E-state index contributed by atoms with van der Waals surface area (Å²) < 4.78 is 32.7. The molecule has 9 nitrogen and oxygen atoms in total. The molecule has 0 radical (unpaired) electrons. The van der Waals surface area contributed by atoms with E-state index < -0.39 is 6.43 Å². The highest BCUT2D eigenvalue weighted by Crippen LogP contribution is 2.23. The number of aromatic nitrogens is 6. The van der Waals surface area contributed by atoms with E-state index in [0.29, 0.717) is 28.5 Å². The molecule has 3 heterocycles. The lowest BCUT2D eigenvalue weighted by atomic mass is 10.2. The Bertz CT molecular complexity index is 1120. The summed E-state index contributed by atoms with van der Waals surface area (Å²) in [6.45, 7) is 3.64. The summed E-state index contributed by atoms with van der Waals surface area (Å²) in [7, 11) is 3.44. The van der Waals surface area contributed by atoms with Gasteiger partial charge in [-0.3, -0.25) is 4.98 Å². The van der Waals surface area contributed by atoms with Crippen molar-refractivity contribution in [1.82, 2.24) is 30.2 Å². The summed E-state index contributed by atoms with van der Waals surface area (Å²) in [5, 5.41) is 24.8. The molecule has 3 aromatic heterocycles. The second-order valence-corrected chi connectivity index (χ2v) is 6.37. The fourth-order valence-electron chi connectivity index (χ4n) is 2.45. The van der Waals surface area contributed by atoms with Crippen molar-refractivity contribution in [3.8, 4) is 23.3 Å². The van der Waals surface area contributed by atoms with Crippen molar-refractivity contribution in [2.24, 2.45) is 7.05 Å². The maximum absolute atomic E-state index is 12.7. The average molecular weight is 424 g/mol. The molecule has 0 N–H and O–H groups in total. The normalized spacial score (nSPS) is 11.0. The van der Waals surface area contributed by atoms with E-state index in [0.717, 1.165) is 6.20 Å². The van der Waals surface area contributed by atoms with Crippen molar-refractivity contribution >= 4 is 5.82 Å². The van der Waals surface area contributed by atoms with Crippen LogP contribution in [0.5, 0.6) is 5.88 Å². The Hall–Kier alpha value is -4.20. The number of halogens is 2. The Labute approximate surface area is 176 Å². The Morgan fingerprint density at radius 1 is 1.29 bits per heavy atom. The molecular weight excluding hydrogens is 406 g/mol. The van der Waals surface area contributed by atoms with E-state index in [1.54, 1.807) is 43.4 Å². The highest BCUT2D eigenvalue weighted by Gasteiger charge is 2.16. The van der Waals surface area contributed by atoms with Crippen LogP contribution in [-0.4, -0.2) is 37.2 Å². The van der Waals surface area contributed by atoms with Crippen LogP contribution in [0.15, 0.2) is 54.9 Å². The molecule has 11 heteroatoms. The number of aryl methyl sites for hydroxylation is 1. The molecule has 31 heavy (non-hydrogen) atoms. The smallest absolute Gasteiger partial charge is 0.265 e. The second-order valence-electron chi connectivity index (χ2n) is 6.37. The summed E-state index contributed by atoms with van der Waals surface area (Å²) in [4.78, 5) is 5.73. The predicted octanol–water partition coefficient (Wildman–Crippen LogP) is 3.21. The van der Waals surface area contributed by atoms with Crippen LogP contribution in [0.4, 0.5) is 14.6 Å². The first kappa shape index (κ1) is 21.5. The van der Waals surface area contributed by atoms with Gasteiger partial charge in [0, 0.05) is 43.7 Å². The maximum atomic E-state index is 12.7. The molecule has 0 aliphatic carbocycles. The van der Waals surface area contributed by atoms with Crippen molar-refractivity contribution in [3.63, 3.8) is 0 Å². The molecule has 0 atom stereocenters. The first-order chi connectivity index (χ1) is 14.9. The summed E-state index contributed by atoms with van der Waals surface area (Å²) in [5.74, 6) is 0.816. The lowest BCUT2D eigenvalue weighted by molar-refractivity contribution is 0.151. The largest absolute Gasteiger partial charge is 0.470 e. The van der Waals surface area contributed by atoms with Crippen molar-refractivity contribution in [3.05, 3.63) is 66.1 Å². The van der Waals surface area contributed by atoms with Crippen molar-refractivity contribution in [2.75, 3.05) is 11.9 Å². The number of hydrogen-bond acceptors (Lipinski definition) is 8. The highest BCUT2D eigenvalue weighted by atomic mass is 19.3. The van der Waals surface area contributed by atoms with Crippen LogP contribution in [0.1, 0.15) is 17.7 Å². The number of nitriles is 1. The van der Waals surface area contributed by atoms with Crippen molar-refractivity contribution in [2.45, 2.75) is 13.0 Å². The summed E-state index contributed by atoms with van der Waals surface area (Å²) in [5.41, 5.74) is 1.58. The van der Waals surface area contributed by atoms with Crippen LogP contribution >= 0.6 is 0 Å². The van der Waals surface area contributed by atoms with Gasteiger partial charge in [-0.1, -0.05) is 11.8 Å². The minimum absolute atomic E-state index is 0.0723. The zero-order valence-electron chi connectivity index (χ0n) is 16.8. The number of rotatable bonds is 8. The Balaban J connectivity index is 1.69. The van der Waals surface area contributed by atoms with Gasteiger partial charge in [-0.15, -0.1) is 15.3 Å². The lowest BCUT2D eigenvalue weighted by Crippen LogP contribution is -2.11. The van der Waals surface area contributed by atoms with Gasteiger partial charge in [-0.2, -0.15) is 5.26 Å². The summed E-state index contributed by atoms with van der Waals surface area (Å²) in [6, 6.07) is 8.04. The quantitative estimate of drug-likeness (QED) is 0.401. The van der Waals surface area contributed by atoms with Gasteiger partial charge in [0.2, 0.25) is 5.88 Å². The number of pyridine rings is 1. The van der Waals surface area contributed by atoms with Crippen LogP contribution in [0.3, 0.4) is 0 Å². The molecule has 0 amide bonds. The zero-order valence-corrected chi connectivity index (χ0v) is 16.8. The predicted molar refractivity (Wildman–Crippen MR) is 108 cm³/mol. The summed E-state index contributed by atoms with van der Waals surface area (Å²) >= 11 is 0. The number of alkyl halides is 2. The Morgan fingerprint density at radius 2 is 2.10 bits per heavy atom. The molecule has 0 aromatic carbocycles. The van der Waals surface area contributed by atoms with E-state index in [-0.39, 0.29) is 18.1 Å². The van der Waals surface area contributed by atoms with Crippen LogP contribution in [0.2, 0.25) is 0 Å². The maximum Gasteiger partial charge on any atom is 0.265 e. The molecule has 0 saturated heterocycles. The van der Waals surface area contributed by atoms with Crippen molar-refractivity contribution < 1.29 is 13.5 Å². The first-order valence-electron chi connectivity index (χ1n) is 8.98. The Kier molecular flexibility index (Phi) is 6.61. The van der Waals surface area contributed by atoms with Crippen LogP contribution in [0.25, 0.3) is 11.4 Å². The van der Waals surface area contributed by atoms with E-state index in [9.17, 15) is 8.78 Å². The van der Waals surface area contributed by atoms with E-state index >= 15 is 0 Å². The molecule has 0 saturated carbocycles. The molecule has 0 bridgehead atoms. The zero-order chi connectivity index (χ0) is 22.4. The number of nitrogens with zero attached hydrogens (tertiary/aromatic N) is 8. The van der Waals surface area contributed by atoms with Gasteiger partial charge in [0.1, 0.15) is 18.0 Å². The van der Waals surface area contributed by atoms with Gasteiger partial charge in [-0.05, 0) is 24.3 Å². The number of ether oxygens (including phenoxy) is 1. The minimum Gasteiger partial charge on any atom is -0.470 e. The highest BCUT2D eigenvalue weighted by molar-refractivity contribution is 5.56.